The molecule has 1 unspecified atom stereocenters. The van der Waals surface area contributed by atoms with Gasteiger partial charge in [0.1, 0.15) is 0 Å². The Bertz CT molecular complexity index is 236. The first-order valence-corrected chi connectivity index (χ1v) is 4.83. The summed E-state index contributed by atoms with van der Waals surface area (Å²) in [5, 5.41) is 12.2. The van der Waals surface area contributed by atoms with E-state index in [0.29, 0.717) is 10.6 Å². The van der Waals surface area contributed by atoms with Crippen molar-refractivity contribution in [2.45, 2.75) is 32.3 Å². The van der Waals surface area contributed by atoms with Crippen molar-refractivity contribution in [1.29, 1.82) is 0 Å². The number of amides is 1. The lowest BCUT2D eigenvalue weighted by Gasteiger charge is -2.07. The lowest BCUT2D eigenvalue weighted by atomic mass is 10.2. The number of carbonyl (C=O) groups excluding carboxylic acids is 1. The second kappa shape index (κ2) is 4.63. The highest BCUT2D eigenvalue weighted by atomic mass is 35.5. The van der Waals surface area contributed by atoms with Crippen LogP contribution in [0.5, 0.6) is 0 Å². The molecule has 0 saturated carbocycles. The van der Waals surface area contributed by atoms with Crippen LogP contribution in [-0.4, -0.2) is 23.7 Å². The Balaban J connectivity index is 2.44. The van der Waals surface area contributed by atoms with Crippen molar-refractivity contribution in [2.24, 2.45) is 0 Å². The highest BCUT2D eigenvalue weighted by Gasteiger charge is 2.19. The normalized spacial score (nSPS) is 19.0. The molecule has 0 radical (unpaired) electrons. The maximum Gasteiger partial charge on any atom is 0.248 e. The first-order valence-electron chi connectivity index (χ1n) is 4.45. The molecular weight excluding hydrogens is 190 g/mol. The van der Waals surface area contributed by atoms with Gasteiger partial charge in [-0.2, -0.15) is 0 Å². The Kier molecular flexibility index (Phi) is 3.75. The molecule has 74 valence electrons. The summed E-state index contributed by atoms with van der Waals surface area (Å²) in [6, 6.07) is 0. The number of rotatable bonds is 3. The van der Waals surface area contributed by atoms with Crippen LogP contribution in [0, 0.1) is 0 Å². The number of aliphatic hydroxyl groups is 1. The number of hydrogen-bond donors (Lipinski definition) is 2. The van der Waals surface area contributed by atoms with Crippen LogP contribution < -0.4 is 5.32 Å². The summed E-state index contributed by atoms with van der Waals surface area (Å²) in [5.74, 6) is -0.136. The summed E-state index contributed by atoms with van der Waals surface area (Å²) in [7, 11) is 0. The number of carbonyl (C=O) groups is 1. The van der Waals surface area contributed by atoms with Crippen LogP contribution in [0.2, 0.25) is 0 Å². The zero-order valence-corrected chi connectivity index (χ0v) is 8.40. The van der Waals surface area contributed by atoms with Gasteiger partial charge in [-0.25, -0.2) is 0 Å². The first kappa shape index (κ1) is 10.5. The van der Waals surface area contributed by atoms with Gasteiger partial charge < -0.3 is 10.4 Å². The van der Waals surface area contributed by atoms with E-state index < -0.39 is 6.10 Å². The molecule has 1 aliphatic carbocycles. The minimum atomic E-state index is -0.510. The van der Waals surface area contributed by atoms with Crippen molar-refractivity contribution in [3.63, 3.8) is 0 Å². The quantitative estimate of drug-likeness (QED) is 0.723. The number of halogens is 1. The summed E-state index contributed by atoms with van der Waals surface area (Å²) in [4.78, 5) is 11.4. The molecule has 0 aromatic carbocycles. The highest BCUT2D eigenvalue weighted by Crippen LogP contribution is 2.28. The molecule has 0 saturated heterocycles. The minimum absolute atomic E-state index is 0.136. The lowest BCUT2D eigenvalue weighted by Crippen LogP contribution is -2.31. The smallest absolute Gasteiger partial charge is 0.248 e. The van der Waals surface area contributed by atoms with E-state index in [0.717, 1.165) is 19.3 Å². The average molecular weight is 204 g/mol. The molecule has 3 nitrogen and oxygen atoms in total. The molecule has 0 fully saturated rings. The van der Waals surface area contributed by atoms with Crippen LogP contribution in [0.3, 0.4) is 0 Å². The monoisotopic (exact) mass is 203 g/mol. The molecule has 1 aliphatic rings. The number of nitrogens with one attached hydrogen (secondary N) is 1. The lowest BCUT2D eigenvalue weighted by molar-refractivity contribution is -0.118. The van der Waals surface area contributed by atoms with Crippen LogP contribution in [0.1, 0.15) is 26.2 Å². The van der Waals surface area contributed by atoms with E-state index in [2.05, 4.69) is 5.32 Å². The number of allylic oxidation sites excluding steroid dienone is 1. The Hall–Kier alpha value is -0.540. The standard InChI is InChI=1S/C9H14ClNO2/c1-6(12)5-11-9(13)7-3-2-4-8(7)10/h6,12H,2-5H2,1H3,(H,11,13). The second-order valence-electron chi connectivity index (χ2n) is 3.30. The molecule has 0 spiro atoms. The fourth-order valence-electron chi connectivity index (χ4n) is 1.29. The van der Waals surface area contributed by atoms with Crippen LogP contribution >= 0.6 is 11.6 Å². The van der Waals surface area contributed by atoms with Gasteiger partial charge in [-0.05, 0) is 26.2 Å². The molecule has 1 amide bonds. The maximum atomic E-state index is 11.4. The minimum Gasteiger partial charge on any atom is -0.392 e. The van der Waals surface area contributed by atoms with Gasteiger partial charge in [0.05, 0.1) is 6.10 Å². The first-order chi connectivity index (χ1) is 6.11. The third kappa shape index (κ3) is 3.01. The molecule has 0 aromatic rings. The molecule has 13 heavy (non-hydrogen) atoms. The van der Waals surface area contributed by atoms with Crippen LogP contribution in [0.4, 0.5) is 0 Å². The molecule has 1 atom stereocenters. The fourth-order valence-corrected chi connectivity index (χ4v) is 1.60. The predicted octanol–water partition coefficient (Wildman–Crippen LogP) is 1.16. The summed E-state index contributed by atoms with van der Waals surface area (Å²) in [5.41, 5.74) is 0.683. The third-order valence-electron chi connectivity index (χ3n) is 1.98. The topological polar surface area (TPSA) is 49.3 Å². The largest absolute Gasteiger partial charge is 0.392 e. The molecule has 0 aliphatic heterocycles. The van der Waals surface area contributed by atoms with Crippen molar-refractivity contribution in [3.8, 4) is 0 Å². The van der Waals surface area contributed by atoms with Crippen molar-refractivity contribution in [2.75, 3.05) is 6.54 Å². The Morgan fingerprint density at radius 1 is 1.69 bits per heavy atom. The van der Waals surface area contributed by atoms with E-state index in [1.165, 1.54) is 0 Å². The van der Waals surface area contributed by atoms with Gasteiger partial charge in [0.25, 0.3) is 0 Å². The molecule has 0 bridgehead atoms. The molecule has 1 rings (SSSR count). The molecular formula is C9H14ClNO2. The fraction of sp³-hybridized carbons (Fsp3) is 0.667. The predicted molar refractivity (Wildman–Crippen MR) is 51.4 cm³/mol. The van der Waals surface area contributed by atoms with E-state index in [9.17, 15) is 4.79 Å². The summed E-state index contributed by atoms with van der Waals surface area (Å²) >= 11 is 5.84. The zero-order valence-electron chi connectivity index (χ0n) is 7.64. The Labute approximate surface area is 82.8 Å². The summed E-state index contributed by atoms with van der Waals surface area (Å²) in [6.45, 7) is 1.91. The van der Waals surface area contributed by atoms with E-state index in [-0.39, 0.29) is 12.5 Å². The van der Waals surface area contributed by atoms with E-state index in [1.807, 2.05) is 0 Å². The maximum absolute atomic E-state index is 11.4. The van der Waals surface area contributed by atoms with Crippen LogP contribution in [0.25, 0.3) is 0 Å². The summed E-state index contributed by atoms with van der Waals surface area (Å²) < 4.78 is 0. The van der Waals surface area contributed by atoms with Gasteiger partial charge in [0.15, 0.2) is 0 Å². The van der Waals surface area contributed by atoms with Gasteiger partial charge >= 0.3 is 0 Å². The Morgan fingerprint density at radius 3 is 2.85 bits per heavy atom. The summed E-state index contributed by atoms with van der Waals surface area (Å²) in [6.07, 6.45) is 2.00. The van der Waals surface area contributed by atoms with Crippen molar-refractivity contribution in [3.05, 3.63) is 10.6 Å². The third-order valence-corrected chi connectivity index (χ3v) is 2.40. The second-order valence-corrected chi connectivity index (χ2v) is 3.75. The number of hydrogen-bond acceptors (Lipinski definition) is 2. The van der Waals surface area contributed by atoms with Crippen molar-refractivity contribution < 1.29 is 9.90 Å². The average Bonchev–Trinajstić information content (AvgIpc) is 2.47. The van der Waals surface area contributed by atoms with Gasteiger partial charge in [0, 0.05) is 17.2 Å². The van der Waals surface area contributed by atoms with Crippen LogP contribution in [0.15, 0.2) is 10.6 Å². The van der Waals surface area contributed by atoms with Crippen LogP contribution in [-0.2, 0) is 4.79 Å². The molecule has 4 heteroatoms. The Morgan fingerprint density at radius 2 is 2.38 bits per heavy atom. The van der Waals surface area contributed by atoms with Gasteiger partial charge in [-0.1, -0.05) is 11.6 Å². The van der Waals surface area contributed by atoms with E-state index >= 15 is 0 Å². The van der Waals surface area contributed by atoms with Gasteiger partial charge in [-0.15, -0.1) is 0 Å². The SMILES string of the molecule is CC(O)CNC(=O)C1=C(Cl)CCC1. The zero-order chi connectivity index (χ0) is 9.84. The molecule has 2 N–H and O–H groups in total. The van der Waals surface area contributed by atoms with Crippen molar-refractivity contribution in [1.82, 2.24) is 5.32 Å². The molecule has 0 aromatic heterocycles. The highest BCUT2D eigenvalue weighted by molar-refractivity contribution is 6.32. The van der Waals surface area contributed by atoms with Crippen molar-refractivity contribution >= 4 is 17.5 Å². The molecule has 0 heterocycles. The van der Waals surface area contributed by atoms with Gasteiger partial charge in [0.2, 0.25) is 5.91 Å². The number of aliphatic hydroxyl groups excluding tert-OH is 1. The van der Waals surface area contributed by atoms with E-state index in [1.54, 1.807) is 6.92 Å². The van der Waals surface area contributed by atoms with E-state index in [4.69, 9.17) is 16.7 Å². The van der Waals surface area contributed by atoms with Gasteiger partial charge in [-0.3, -0.25) is 4.79 Å².